The molecule has 1 atom stereocenters. The van der Waals surface area contributed by atoms with Gasteiger partial charge in [0.1, 0.15) is 0 Å². The molecule has 0 radical (unpaired) electrons. The van der Waals surface area contributed by atoms with Crippen LogP contribution in [0, 0.1) is 20.2 Å². The van der Waals surface area contributed by atoms with Crippen molar-refractivity contribution < 1.29 is 9.85 Å². The summed E-state index contributed by atoms with van der Waals surface area (Å²) in [6.45, 7) is 3.05. The highest BCUT2D eigenvalue weighted by Crippen LogP contribution is 2.44. The predicted octanol–water partition coefficient (Wildman–Crippen LogP) is 2.02. The summed E-state index contributed by atoms with van der Waals surface area (Å²) in [5.74, 6) is 0. The van der Waals surface area contributed by atoms with Crippen LogP contribution in [0.15, 0.2) is 0 Å². The van der Waals surface area contributed by atoms with Gasteiger partial charge in [-0.25, -0.2) is 0 Å². The highest BCUT2D eigenvalue weighted by Gasteiger charge is 2.67. The Labute approximate surface area is 88.0 Å². The van der Waals surface area contributed by atoms with Crippen molar-refractivity contribution in [1.29, 1.82) is 0 Å². The molecule has 0 N–H and O–H groups in total. The number of hydrogen-bond donors (Lipinski definition) is 0. The SMILES string of the molecule is CCC(C)([N+](=O)[O-])C1([N+](=O)[O-])CCCC1. The molecule has 1 aliphatic carbocycles. The summed E-state index contributed by atoms with van der Waals surface area (Å²) in [6, 6.07) is 0. The molecule has 1 unspecified atom stereocenters. The van der Waals surface area contributed by atoms with E-state index in [1.807, 2.05) is 0 Å². The summed E-state index contributed by atoms with van der Waals surface area (Å²) in [6.07, 6.45) is 2.27. The molecule has 0 aliphatic heterocycles. The number of rotatable bonds is 4. The van der Waals surface area contributed by atoms with E-state index in [-0.39, 0.29) is 6.42 Å². The molecule has 0 aromatic rings. The van der Waals surface area contributed by atoms with Gasteiger partial charge in [-0.05, 0) is 12.8 Å². The van der Waals surface area contributed by atoms with Crippen LogP contribution in [-0.4, -0.2) is 20.9 Å². The topological polar surface area (TPSA) is 86.3 Å². The molecule has 1 fully saturated rings. The Morgan fingerprint density at radius 1 is 1.27 bits per heavy atom. The molecule has 0 heterocycles. The smallest absolute Gasteiger partial charge is 0.264 e. The second kappa shape index (κ2) is 3.75. The summed E-state index contributed by atoms with van der Waals surface area (Å²) in [4.78, 5) is 21.3. The number of nitro groups is 2. The van der Waals surface area contributed by atoms with Crippen LogP contribution in [0.1, 0.15) is 46.0 Å². The van der Waals surface area contributed by atoms with Gasteiger partial charge in [0.05, 0.1) is 0 Å². The second-order valence-electron chi connectivity index (χ2n) is 4.38. The van der Waals surface area contributed by atoms with E-state index < -0.39 is 20.9 Å². The molecule has 6 nitrogen and oxygen atoms in total. The fourth-order valence-electron chi connectivity index (χ4n) is 2.51. The van der Waals surface area contributed by atoms with Gasteiger partial charge in [0.2, 0.25) is 0 Å². The average molecular weight is 216 g/mol. The third kappa shape index (κ3) is 1.48. The molecular formula is C9H16N2O4. The first kappa shape index (κ1) is 11.9. The van der Waals surface area contributed by atoms with Crippen molar-refractivity contribution >= 4 is 0 Å². The van der Waals surface area contributed by atoms with E-state index in [1.54, 1.807) is 6.92 Å². The zero-order valence-corrected chi connectivity index (χ0v) is 9.06. The van der Waals surface area contributed by atoms with Gasteiger partial charge in [0, 0.05) is 36.0 Å². The minimum atomic E-state index is -1.44. The largest absolute Gasteiger partial charge is 0.290 e. The van der Waals surface area contributed by atoms with Crippen LogP contribution < -0.4 is 0 Å². The van der Waals surface area contributed by atoms with Gasteiger partial charge in [0.25, 0.3) is 11.1 Å². The Bertz CT molecular complexity index is 286. The molecule has 1 rings (SSSR count). The Morgan fingerprint density at radius 2 is 1.73 bits per heavy atom. The summed E-state index contributed by atoms with van der Waals surface area (Å²) in [7, 11) is 0. The molecule has 1 saturated carbocycles. The number of nitrogens with zero attached hydrogens (tertiary/aromatic N) is 2. The first-order chi connectivity index (χ1) is 6.90. The standard InChI is InChI=1S/C9H16N2O4/c1-3-8(2,10(12)13)9(11(14)15)6-4-5-7-9/h3-7H2,1-2H3. The van der Waals surface area contributed by atoms with Crippen LogP contribution in [0.25, 0.3) is 0 Å². The fourth-order valence-corrected chi connectivity index (χ4v) is 2.51. The second-order valence-corrected chi connectivity index (χ2v) is 4.38. The normalized spacial score (nSPS) is 23.3. The predicted molar refractivity (Wildman–Crippen MR) is 53.9 cm³/mol. The first-order valence-corrected chi connectivity index (χ1v) is 5.20. The van der Waals surface area contributed by atoms with Crippen molar-refractivity contribution in [3.63, 3.8) is 0 Å². The van der Waals surface area contributed by atoms with Crippen molar-refractivity contribution in [2.24, 2.45) is 0 Å². The first-order valence-electron chi connectivity index (χ1n) is 5.20. The van der Waals surface area contributed by atoms with Gasteiger partial charge in [-0.3, -0.25) is 20.2 Å². The van der Waals surface area contributed by atoms with E-state index in [0.717, 1.165) is 0 Å². The average Bonchev–Trinajstić information content (AvgIpc) is 2.66. The van der Waals surface area contributed by atoms with Crippen molar-refractivity contribution in [1.82, 2.24) is 0 Å². The molecule has 0 aromatic carbocycles. The van der Waals surface area contributed by atoms with E-state index in [2.05, 4.69) is 0 Å². The third-order valence-corrected chi connectivity index (χ3v) is 3.87. The third-order valence-electron chi connectivity index (χ3n) is 3.87. The lowest BCUT2D eigenvalue weighted by Gasteiger charge is -2.31. The van der Waals surface area contributed by atoms with Gasteiger partial charge in [-0.1, -0.05) is 6.92 Å². The molecule has 0 bridgehead atoms. The molecule has 0 aromatic heterocycles. The van der Waals surface area contributed by atoms with Crippen LogP contribution in [-0.2, 0) is 0 Å². The Balaban J connectivity index is 3.18. The van der Waals surface area contributed by atoms with Crippen LogP contribution in [0.5, 0.6) is 0 Å². The monoisotopic (exact) mass is 216 g/mol. The zero-order valence-electron chi connectivity index (χ0n) is 9.06. The highest BCUT2D eigenvalue weighted by atomic mass is 16.6. The summed E-state index contributed by atoms with van der Waals surface area (Å²) >= 11 is 0. The van der Waals surface area contributed by atoms with E-state index >= 15 is 0 Å². The Kier molecular flexibility index (Phi) is 2.97. The van der Waals surface area contributed by atoms with Gasteiger partial charge < -0.3 is 0 Å². The minimum Gasteiger partial charge on any atom is -0.264 e. The number of hydrogen-bond acceptors (Lipinski definition) is 4. The summed E-state index contributed by atoms with van der Waals surface area (Å²) in [5, 5.41) is 22.2. The molecule has 15 heavy (non-hydrogen) atoms. The zero-order chi connectivity index (χ0) is 11.7. The van der Waals surface area contributed by atoms with Crippen LogP contribution in [0.3, 0.4) is 0 Å². The van der Waals surface area contributed by atoms with E-state index in [0.29, 0.717) is 25.7 Å². The fraction of sp³-hybridized carbons (Fsp3) is 1.00. The van der Waals surface area contributed by atoms with Crippen LogP contribution in [0.2, 0.25) is 0 Å². The molecule has 0 spiro atoms. The maximum absolute atomic E-state index is 11.1. The van der Waals surface area contributed by atoms with Gasteiger partial charge in [-0.15, -0.1) is 0 Å². The molecule has 1 aliphatic rings. The van der Waals surface area contributed by atoms with Crippen LogP contribution >= 0.6 is 0 Å². The lowest BCUT2D eigenvalue weighted by Crippen LogP contribution is -2.59. The van der Waals surface area contributed by atoms with E-state index in [4.69, 9.17) is 0 Å². The van der Waals surface area contributed by atoms with Crippen molar-refractivity contribution in [2.45, 2.75) is 57.0 Å². The van der Waals surface area contributed by atoms with Gasteiger partial charge in [0.15, 0.2) is 0 Å². The molecule has 0 amide bonds. The molecular weight excluding hydrogens is 200 g/mol. The molecule has 6 heteroatoms. The Hall–Kier alpha value is -1.20. The van der Waals surface area contributed by atoms with Gasteiger partial charge in [-0.2, -0.15) is 0 Å². The van der Waals surface area contributed by atoms with Crippen LogP contribution in [0.4, 0.5) is 0 Å². The molecule has 86 valence electrons. The maximum Gasteiger partial charge on any atom is 0.290 e. The van der Waals surface area contributed by atoms with E-state index in [9.17, 15) is 20.2 Å². The summed E-state index contributed by atoms with van der Waals surface area (Å²) in [5.41, 5.74) is -2.79. The quantitative estimate of drug-likeness (QED) is 0.531. The molecule has 0 saturated heterocycles. The van der Waals surface area contributed by atoms with Crippen molar-refractivity contribution in [3.05, 3.63) is 20.2 Å². The maximum atomic E-state index is 11.1. The lowest BCUT2D eigenvalue weighted by atomic mass is 9.75. The van der Waals surface area contributed by atoms with Crippen molar-refractivity contribution in [3.8, 4) is 0 Å². The van der Waals surface area contributed by atoms with E-state index in [1.165, 1.54) is 6.92 Å². The van der Waals surface area contributed by atoms with Crippen molar-refractivity contribution in [2.75, 3.05) is 0 Å². The summed E-state index contributed by atoms with van der Waals surface area (Å²) < 4.78 is 0. The lowest BCUT2D eigenvalue weighted by molar-refractivity contribution is -0.682. The minimum absolute atomic E-state index is 0.195. The van der Waals surface area contributed by atoms with Gasteiger partial charge >= 0.3 is 0 Å². The highest BCUT2D eigenvalue weighted by molar-refractivity contribution is 5.00. The Morgan fingerprint density at radius 3 is 2.00 bits per heavy atom.